The summed E-state index contributed by atoms with van der Waals surface area (Å²) in [5.74, 6) is -0.329. The number of ether oxygens (including phenoxy) is 2. The van der Waals surface area contributed by atoms with E-state index in [1.54, 1.807) is 0 Å². The lowest BCUT2D eigenvalue weighted by Crippen LogP contribution is -2.41. The van der Waals surface area contributed by atoms with E-state index in [2.05, 4.69) is 21.2 Å². The summed E-state index contributed by atoms with van der Waals surface area (Å²) in [6, 6.07) is 7.70. The van der Waals surface area contributed by atoms with Gasteiger partial charge in [0.25, 0.3) is 0 Å². The zero-order valence-corrected chi connectivity index (χ0v) is 15.6. The smallest absolute Gasteiger partial charge is 0.407 e. The quantitative estimate of drug-likeness (QED) is 0.755. The van der Waals surface area contributed by atoms with Crippen LogP contribution in [0, 0.1) is 0 Å². The van der Waals surface area contributed by atoms with Gasteiger partial charge < -0.3 is 14.8 Å². The molecule has 0 bridgehead atoms. The van der Waals surface area contributed by atoms with Crippen LogP contribution < -0.4 is 5.32 Å². The highest BCUT2D eigenvalue weighted by Crippen LogP contribution is 2.14. The fourth-order valence-electron chi connectivity index (χ4n) is 1.95. The van der Waals surface area contributed by atoms with Crippen molar-refractivity contribution >= 4 is 28.0 Å². The number of carbonyl (C=O) groups is 2. The molecule has 5 nitrogen and oxygen atoms in total. The second-order valence-corrected chi connectivity index (χ2v) is 7.22. The Kier molecular flexibility index (Phi) is 7.55. The van der Waals surface area contributed by atoms with Crippen molar-refractivity contribution in [1.82, 2.24) is 5.32 Å². The summed E-state index contributed by atoms with van der Waals surface area (Å²) >= 11 is 3.40. The van der Waals surface area contributed by atoms with Gasteiger partial charge in [0.05, 0.1) is 6.61 Å². The van der Waals surface area contributed by atoms with Crippen LogP contribution in [0.2, 0.25) is 0 Å². The van der Waals surface area contributed by atoms with Crippen molar-refractivity contribution < 1.29 is 19.1 Å². The molecule has 0 aliphatic heterocycles. The van der Waals surface area contributed by atoms with Gasteiger partial charge in [0.1, 0.15) is 5.60 Å². The zero-order chi connectivity index (χ0) is 17.5. The molecule has 1 amide bonds. The summed E-state index contributed by atoms with van der Waals surface area (Å²) in [4.78, 5) is 22.9. The maximum absolute atomic E-state index is 12.0. The number of hydrogen-bond donors (Lipinski definition) is 1. The number of hydrogen-bond acceptors (Lipinski definition) is 4. The number of halogens is 1. The molecule has 1 N–H and O–H groups in total. The molecule has 128 valence electrons. The van der Waals surface area contributed by atoms with E-state index in [0.717, 1.165) is 10.0 Å². The summed E-state index contributed by atoms with van der Waals surface area (Å²) in [5, 5.41) is 2.85. The normalized spacial score (nSPS) is 12.4. The monoisotopic (exact) mass is 385 g/mol. The molecule has 1 aromatic rings. The Bertz CT molecular complexity index is 522. The summed E-state index contributed by atoms with van der Waals surface area (Å²) in [6.07, 6.45) is 0.685. The van der Waals surface area contributed by atoms with Crippen LogP contribution in [0.3, 0.4) is 0 Å². The minimum Gasteiger partial charge on any atom is -0.466 e. The molecular formula is C17H24BrNO4. The first kappa shape index (κ1) is 19.5. The summed E-state index contributed by atoms with van der Waals surface area (Å²) in [7, 11) is 0. The Morgan fingerprint density at radius 2 is 1.83 bits per heavy atom. The summed E-state index contributed by atoms with van der Waals surface area (Å²) in [6.45, 7) is 7.07. The molecule has 6 heteroatoms. The number of benzene rings is 1. The van der Waals surface area contributed by atoms with Crippen LogP contribution in [-0.4, -0.2) is 30.3 Å². The van der Waals surface area contributed by atoms with Gasteiger partial charge in [-0.3, -0.25) is 4.79 Å². The van der Waals surface area contributed by atoms with Gasteiger partial charge in [0.2, 0.25) is 0 Å². The Morgan fingerprint density at radius 3 is 2.35 bits per heavy atom. The maximum atomic E-state index is 12.0. The molecule has 0 spiro atoms. The average Bonchev–Trinajstić information content (AvgIpc) is 2.38. The van der Waals surface area contributed by atoms with Crippen molar-refractivity contribution in [3.05, 3.63) is 34.3 Å². The lowest BCUT2D eigenvalue weighted by atomic mass is 10.0. The molecule has 1 aromatic carbocycles. The number of esters is 1. The molecule has 0 radical (unpaired) electrons. The number of carbonyl (C=O) groups excluding carboxylic acids is 2. The van der Waals surface area contributed by atoms with Crippen molar-refractivity contribution in [3.63, 3.8) is 0 Å². The predicted molar refractivity (Wildman–Crippen MR) is 92.3 cm³/mol. The molecule has 0 fully saturated rings. The van der Waals surface area contributed by atoms with Gasteiger partial charge in [-0.2, -0.15) is 0 Å². The largest absolute Gasteiger partial charge is 0.466 e. The molecule has 0 saturated heterocycles. The van der Waals surface area contributed by atoms with E-state index in [1.165, 1.54) is 6.92 Å². The van der Waals surface area contributed by atoms with Crippen molar-refractivity contribution in [2.75, 3.05) is 6.61 Å². The highest BCUT2D eigenvalue weighted by atomic mass is 79.9. The highest BCUT2D eigenvalue weighted by Gasteiger charge is 2.20. The molecule has 0 aliphatic rings. The number of alkyl carbamates (subject to hydrolysis) is 1. The van der Waals surface area contributed by atoms with Crippen LogP contribution in [-0.2, 0) is 20.7 Å². The van der Waals surface area contributed by atoms with Crippen molar-refractivity contribution in [2.24, 2.45) is 0 Å². The lowest BCUT2D eigenvalue weighted by molar-refractivity contribution is -0.141. The predicted octanol–water partition coefficient (Wildman–Crippen LogP) is 3.84. The third-order valence-electron chi connectivity index (χ3n) is 2.89. The third kappa shape index (κ3) is 9.23. The van der Waals surface area contributed by atoms with E-state index in [1.807, 2.05) is 45.0 Å². The SMILES string of the molecule is CC(=O)OCC[C@H](Cc1ccc(Br)cc1)NC(=O)OC(C)(C)C. The highest BCUT2D eigenvalue weighted by molar-refractivity contribution is 9.10. The van der Waals surface area contributed by atoms with Gasteiger partial charge in [-0.15, -0.1) is 0 Å². The molecule has 0 heterocycles. The van der Waals surface area contributed by atoms with Crippen LogP contribution in [0.1, 0.15) is 39.7 Å². The lowest BCUT2D eigenvalue weighted by Gasteiger charge is -2.23. The van der Waals surface area contributed by atoms with Crippen LogP contribution >= 0.6 is 15.9 Å². The Balaban J connectivity index is 2.65. The third-order valence-corrected chi connectivity index (χ3v) is 3.42. The number of nitrogens with one attached hydrogen (secondary N) is 1. The molecule has 1 atom stereocenters. The van der Waals surface area contributed by atoms with Gasteiger partial charge in [-0.05, 0) is 44.9 Å². The van der Waals surface area contributed by atoms with E-state index in [-0.39, 0.29) is 18.6 Å². The maximum Gasteiger partial charge on any atom is 0.407 e. The van der Waals surface area contributed by atoms with E-state index in [4.69, 9.17) is 9.47 Å². The minimum absolute atomic E-state index is 0.176. The van der Waals surface area contributed by atoms with E-state index >= 15 is 0 Å². The molecule has 0 aliphatic carbocycles. The zero-order valence-electron chi connectivity index (χ0n) is 14.0. The Labute approximate surface area is 145 Å². The molecule has 0 aromatic heterocycles. The first-order valence-electron chi connectivity index (χ1n) is 7.53. The van der Waals surface area contributed by atoms with Crippen LogP contribution in [0.25, 0.3) is 0 Å². The van der Waals surface area contributed by atoms with Crippen LogP contribution in [0.15, 0.2) is 28.7 Å². The molecular weight excluding hydrogens is 362 g/mol. The van der Waals surface area contributed by atoms with Gasteiger partial charge in [-0.1, -0.05) is 28.1 Å². The standard InChI is InChI=1S/C17H24BrNO4/c1-12(20)22-10-9-15(19-16(21)23-17(2,3)4)11-13-5-7-14(18)8-6-13/h5-8,15H,9-11H2,1-4H3,(H,19,21)/t15-/m1/s1. The molecule has 0 unspecified atom stereocenters. The van der Waals surface area contributed by atoms with Crippen LogP contribution in [0.5, 0.6) is 0 Å². The topological polar surface area (TPSA) is 64.6 Å². The van der Waals surface area contributed by atoms with Crippen LogP contribution in [0.4, 0.5) is 4.79 Å². The second kappa shape index (κ2) is 8.91. The first-order valence-corrected chi connectivity index (χ1v) is 8.32. The van der Waals surface area contributed by atoms with Crippen molar-refractivity contribution in [3.8, 4) is 0 Å². The fourth-order valence-corrected chi connectivity index (χ4v) is 2.21. The van der Waals surface area contributed by atoms with E-state index < -0.39 is 11.7 Å². The van der Waals surface area contributed by atoms with Gasteiger partial charge >= 0.3 is 12.1 Å². The second-order valence-electron chi connectivity index (χ2n) is 6.30. The fraction of sp³-hybridized carbons (Fsp3) is 0.529. The molecule has 23 heavy (non-hydrogen) atoms. The Hall–Kier alpha value is -1.56. The van der Waals surface area contributed by atoms with E-state index in [9.17, 15) is 9.59 Å². The average molecular weight is 386 g/mol. The van der Waals surface area contributed by atoms with Gasteiger partial charge in [0.15, 0.2) is 0 Å². The van der Waals surface area contributed by atoms with E-state index in [0.29, 0.717) is 12.8 Å². The van der Waals surface area contributed by atoms with Gasteiger partial charge in [0, 0.05) is 23.9 Å². The van der Waals surface area contributed by atoms with Crippen molar-refractivity contribution in [2.45, 2.75) is 52.2 Å². The molecule has 1 rings (SSSR count). The number of rotatable bonds is 6. The summed E-state index contributed by atoms with van der Waals surface area (Å²) in [5.41, 5.74) is 0.527. The summed E-state index contributed by atoms with van der Waals surface area (Å²) < 4.78 is 11.3. The first-order chi connectivity index (χ1) is 10.7. The number of amides is 1. The minimum atomic E-state index is -0.553. The van der Waals surface area contributed by atoms with Crippen molar-refractivity contribution in [1.29, 1.82) is 0 Å². The molecule has 0 saturated carbocycles. The Morgan fingerprint density at radius 1 is 1.22 bits per heavy atom. The van der Waals surface area contributed by atoms with Gasteiger partial charge in [-0.25, -0.2) is 4.79 Å².